The molecule has 0 unspecified atom stereocenters. The number of para-hydroxylation sites is 2. The first-order valence-corrected chi connectivity index (χ1v) is 5.91. The molecule has 1 atom stereocenters. The van der Waals surface area contributed by atoms with E-state index in [9.17, 15) is 5.11 Å². The van der Waals surface area contributed by atoms with E-state index in [2.05, 4.69) is 5.32 Å². The van der Waals surface area contributed by atoms with E-state index in [1.54, 1.807) is 14.2 Å². The molecule has 5 nitrogen and oxygen atoms in total. The zero-order valence-electron chi connectivity index (χ0n) is 10.9. The van der Waals surface area contributed by atoms with Gasteiger partial charge in [-0.2, -0.15) is 0 Å². The Balaban J connectivity index is 2.26. The smallest absolute Gasteiger partial charge is 0.161 e. The fourth-order valence-corrected chi connectivity index (χ4v) is 1.43. The van der Waals surface area contributed by atoms with Crippen LogP contribution in [-0.2, 0) is 4.74 Å². The second kappa shape index (κ2) is 8.74. The number of hydrogen-bond acceptors (Lipinski definition) is 5. The zero-order chi connectivity index (χ0) is 13.2. The monoisotopic (exact) mass is 255 g/mol. The highest BCUT2D eigenvalue weighted by Crippen LogP contribution is 2.25. The van der Waals surface area contributed by atoms with Crippen molar-refractivity contribution in [3.05, 3.63) is 24.3 Å². The van der Waals surface area contributed by atoms with Crippen LogP contribution in [0.1, 0.15) is 0 Å². The molecule has 5 heteroatoms. The first-order valence-electron chi connectivity index (χ1n) is 5.91. The molecule has 1 rings (SSSR count). The van der Waals surface area contributed by atoms with Crippen molar-refractivity contribution in [3.63, 3.8) is 0 Å². The minimum atomic E-state index is -0.563. The van der Waals surface area contributed by atoms with Gasteiger partial charge in [0, 0.05) is 20.2 Å². The van der Waals surface area contributed by atoms with E-state index in [1.165, 1.54) is 0 Å². The van der Waals surface area contributed by atoms with Gasteiger partial charge in [0.1, 0.15) is 12.7 Å². The molecule has 0 saturated heterocycles. The quantitative estimate of drug-likeness (QED) is 0.635. The Morgan fingerprint density at radius 2 is 1.94 bits per heavy atom. The van der Waals surface area contributed by atoms with Crippen molar-refractivity contribution in [2.75, 3.05) is 40.5 Å². The minimum Gasteiger partial charge on any atom is -0.493 e. The van der Waals surface area contributed by atoms with Gasteiger partial charge in [-0.05, 0) is 12.1 Å². The number of rotatable bonds is 9. The number of aliphatic hydroxyl groups is 1. The van der Waals surface area contributed by atoms with E-state index < -0.39 is 6.10 Å². The molecule has 102 valence electrons. The van der Waals surface area contributed by atoms with Gasteiger partial charge in [-0.25, -0.2) is 0 Å². The third kappa shape index (κ3) is 5.35. The van der Waals surface area contributed by atoms with Gasteiger partial charge in [-0.15, -0.1) is 0 Å². The Morgan fingerprint density at radius 3 is 2.61 bits per heavy atom. The lowest BCUT2D eigenvalue weighted by molar-refractivity contribution is 0.102. The van der Waals surface area contributed by atoms with Crippen LogP contribution in [0.2, 0.25) is 0 Å². The predicted octanol–water partition coefficient (Wildman–Crippen LogP) is 0.671. The molecule has 2 N–H and O–H groups in total. The Morgan fingerprint density at radius 1 is 1.22 bits per heavy atom. The van der Waals surface area contributed by atoms with Crippen molar-refractivity contribution in [1.29, 1.82) is 0 Å². The van der Waals surface area contributed by atoms with Crippen molar-refractivity contribution in [1.82, 2.24) is 5.32 Å². The van der Waals surface area contributed by atoms with Crippen LogP contribution in [0, 0.1) is 0 Å². The van der Waals surface area contributed by atoms with Gasteiger partial charge in [-0.3, -0.25) is 0 Å². The summed E-state index contributed by atoms with van der Waals surface area (Å²) < 4.78 is 15.5. The summed E-state index contributed by atoms with van der Waals surface area (Å²) in [6.07, 6.45) is -0.563. The van der Waals surface area contributed by atoms with Gasteiger partial charge < -0.3 is 24.6 Å². The molecule has 0 fully saturated rings. The Bertz CT molecular complexity index is 333. The van der Waals surface area contributed by atoms with Crippen molar-refractivity contribution in [3.8, 4) is 11.5 Å². The molecule has 0 saturated carbocycles. The Kier molecular flexibility index (Phi) is 7.17. The van der Waals surface area contributed by atoms with Crippen molar-refractivity contribution in [2.24, 2.45) is 0 Å². The molecule has 0 heterocycles. The lowest BCUT2D eigenvalue weighted by atomic mass is 10.3. The van der Waals surface area contributed by atoms with Crippen LogP contribution >= 0.6 is 0 Å². The van der Waals surface area contributed by atoms with Crippen LogP contribution < -0.4 is 14.8 Å². The van der Waals surface area contributed by atoms with Crippen molar-refractivity contribution in [2.45, 2.75) is 6.10 Å². The molecule has 1 aromatic carbocycles. The fraction of sp³-hybridized carbons (Fsp3) is 0.538. The topological polar surface area (TPSA) is 60.0 Å². The van der Waals surface area contributed by atoms with Gasteiger partial charge in [0.15, 0.2) is 11.5 Å². The van der Waals surface area contributed by atoms with Crippen molar-refractivity contribution >= 4 is 0 Å². The van der Waals surface area contributed by atoms with E-state index in [0.717, 1.165) is 0 Å². The van der Waals surface area contributed by atoms with Crippen LogP contribution in [0.25, 0.3) is 0 Å². The van der Waals surface area contributed by atoms with Crippen LogP contribution in [0.3, 0.4) is 0 Å². The second-order valence-electron chi connectivity index (χ2n) is 3.81. The highest BCUT2D eigenvalue weighted by Gasteiger charge is 2.07. The van der Waals surface area contributed by atoms with Gasteiger partial charge in [0.25, 0.3) is 0 Å². The summed E-state index contributed by atoms with van der Waals surface area (Å²) in [5.74, 6) is 1.30. The molecule has 0 amide bonds. The minimum absolute atomic E-state index is 0.223. The summed E-state index contributed by atoms with van der Waals surface area (Å²) in [5, 5.41) is 12.8. The average Bonchev–Trinajstić information content (AvgIpc) is 2.41. The number of nitrogens with one attached hydrogen (secondary N) is 1. The molecular weight excluding hydrogens is 234 g/mol. The van der Waals surface area contributed by atoms with E-state index >= 15 is 0 Å². The lowest BCUT2D eigenvalue weighted by Gasteiger charge is -2.14. The van der Waals surface area contributed by atoms with Crippen LogP contribution in [0.4, 0.5) is 0 Å². The molecule has 0 radical (unpaired) electrons. The van der Waals surface area contributed by atoms with Gasteiger partial charge in [0.05, 0.1) is 13.7 Å². The Labute approximate surface area is 108 Å². The average molecular weight is 255 g/mol. The largest absolute Gasteiger partial charge is 0.493 e. The van der Waals surface area contributed by atoms with Crippen LogP contribution in [-0.4, -0.2) is 51.7 Å². The highest BCUT2D eigenvalue weighted by atomic mass is 16.5. The maximum atomic E-state index is 9.70. The zero-order valence-corrected chi connectivity index (χ0v) is 10.9. The number of aliphatic hydroxyl groups excluding tert-OH is 1. The second-order valence-corrected chi connectivity index (χ2v) is 3.81. The summed E-state index contributed by atoms with van der Waals surface area (Å²) in [6, 6.07) is 7.36. The summed E-state index contributed by atoms with van der Waals surface area (Å²) in [7, 11) is 3.23. The number of ether oxygens (including phenoxy) is 3. The van der Waals surface area contributed by atoms with Gasteiger partial charge >= 0.3 is 0 Å². The van der Waals surface area contributed by atoms with Crippen molar-refractivity contribution < 1.29 is 19.3 Å². The number of hydrogen-bond donors (Lipinski definition) is 2. The molecule has 0 spiro atoms. The summed E-state index contributed by atoms with van der Waals surface area (Å²) in [6.45, 7) is 2.03. The maximum Gasteiger partial charge on any atom is 0.161 e. The molecule has 0 aliphatic carbocycles. The molecule has 0 bridgehead atoms. The summed E-state index contributed by atoms with van der Waals surface area (Å²) in [4.78, 5) is 0. The van der Waals surface area contributed by atoms with E-state index in [0.29, 0.717) is 31.2 Å². The fourth-order valence-electron chi connectivity index (χ4n) is 1.43. The SMILES string of the molecule is COCCNC[C@@H](O)COc1ccccc1OC. The number of methoxy groups -OCH3 is 2. The molecule has 1 aromatic rings. The predicted molar refractivity (Wildman–Crippen MR) is 69.2 cm³/mol. The standard InChI is InChI=1S/C13H21NO4/c1-16-8-7-14-9-11(15)10-18-13-6-4-3-5-12(13)17-2/h3-6,11,14-15H,7-10H2,1-2H3/t11-/m1/s1. The summed E-state index contributed by atoms with van der Waals surface area (Å²) >= 11 is 0. The Hall–Kier alpha value is -1.30. The lowest BCUT2D eigenvalue weighted by Crippen LogP contribution is -2.33. The van der Waals surface area contributed by atoms with E-state index in [-0.39, 0.29) is 6.61 Å². The molecule has 18 heavy (non-hydrogen) atoms. The molecule has 0 aromatic heterocycles. The third-order valence-electron chi connectivity index (χ3n) is 2.36. The normalized spacial score (nSPS) is 12.2. The summed E-state index contributed by atoms with van der Waals surface area (Å²) in [5.41, 5.74) is 0. The molecule has 0 aliphatic heterocycles. The van der Waals surface area contributed by atoms with E-state index in [4.69, 9.17) is 14.2 Å². The maximum absolute atomic E-state index is 9.70. The molecular formula is C13H21NO4. The van der Waals surface area contributed by atoms with Crippen LogP contribution in [0.15, 0.2) is 24.3 Å². The third-order valence-corrected chi connectivity index (χ3v) is 2.36. The molecule has 0 aliphatic rings. The van der Waals surface area contributed by atoms with Gasteiger partial charge in [-0.1, -0.05) is 12.1 Å². The number of benzene rings is 1. The van der Waals surface area contributed by atoms with E-state index in [1.807, 2.05) is 24.3 Å². The van der Waals surface area contributed by atoms with Gasteiger partial charge in [0.2, 0.25) is 0 Å². The van der Waals surface area contributed by atoms with Crippen LogP contribution in [0.5, 0.6) is 11.5 Å². The highest BCUT2D eigenvalue weighted by molar-refractivity contribution is 5.39. The first-order chi connectivity index (χ1) is 8.77. The first kappa shape index (κ1) is 14.8.